The van der Waals surface area contributed by atoms with E-state index in [4.69, 9.17) is 9.47 Å². The van der Waals surface area contributed by atoms with E-state index in [0.29, 0.717) is 32.8 Å². The summed E-state index contributed by atoms with van der Waals surface area (Å²) in [5.41, 5.74) is 1.45. The Morgan fingerprint density at radius 1 is 0.969 bits per heavy atom. The van der Waals surface area contributed by atoms with E-state index in [0.717, 1.165) is 24.3 Å². The van der Waals surface area contributed by atoms with Crippen LogP contribution in [-0.2, 0) is 14.3 Å². The molecule has 2 aromatic rings. The molecule has 3 rings (SSSR count). The highest BCUT2D eigenvalue weighted by molar-refractivity contribution is 6.39. The third-order valence-electron chi connectivity index (χ3n) is 5.31. The molecular formula is C24H29N3O5. The first-order chi connectivity index (χ1) is 15.5. The minimum atomic E-state index is -0.774. The fourth-order valence-electron chi connectivity index (χ4n) is 3.52. The van der Waals surface area contributed by atoms with Crippen LogP contribution in [0.2, 0.25) is 0 Å². The summed E-state index contributed by atoms with van der Waals surface area (Å²) < 4.78 is 10.7. The molecule has 0 saturated carbocycles. The van der Waals surface area contributed by atoms with Gasteiger partial charge in [0.2, 0.25) is 0 Å². The zero-order valence-corrected chi connectivity index (χ0v) is 18.5. The van der Waals surface area contributed by atoms with Crippen molar-refractivity contribution in [1.29, 1.82) is 0 Å². The predicted molar refractivity (Wildman–Crippen MR) is 122 cm³/mol. The highest BCUT2D eigenvalue weighted by atomic mass is 16.5. The Kier molecular flexibility index (Phi) is 8.08. The van der Waals surface area contributed by atoms with Crippen molar-refractivity contribution in [2.24, 2.45) is 0 Å². The molecule has 8 nitrogen and oxygen atoms in total. The molecule has 0 aliphatic carbocycles. The van der Waals surface area contributed by atoms with Crippen molar-refractivity contribution >= 4 is 29.2 Å². The van der Waals surface area contributed by atoms with Crippen molar-refractivity contribution in [3.63, 3.8) is 0 Å². The van der Waals surface area contributed by atoms with Crippen LogP contribution in [0.15, 0.2) is 48.5 Å². The summed E-state index contributed by atoms with van der Waals surface area (Å²) in [5.74, 6) is -1.15. The maximum atomic E-state index is 12.7. The van der Waals surface area contributed by atoms with E-state index >= 15 is 0 Å². The van der Waals surface area contributed by atoms with Crippen LogP contribution < -0.4 is 15.0 Å². The Labute approximate surface area is 188 Å². The van der Waals surface area contributed by atoms with Gasteiger partial charge in [-0.1, -0.05) is 37.6 Å². The van der Waals surface area contributed by atoms with Gasteiger partial charge >= 0.3 is 17.8 Å². The Balaban J connectivity index is 1.59. The number of hydrogen-bond acceptors (Lipinski definition) is 6. The second-order valence-corrected chi connectivity index (χ2v) is 7.44. The number of ether oxygens (including phenoxy) is 2. The molecule has 0 unspecified atom stereocenters. The third kappa shape index (κ3) is 5.57. The number of benzene rings is 2. The predicted octanol–water partition coefficient (Wildman–Crippen LogP) is 2.94. The molecule has 0 bridgehead atoms. The number of piperazine rings is 1. The van der Waals surface area contributed by atoms with Crippen LogP contribution in [0.25, 0.3) is 0 Å². The second kappa shape index (κ2) is 11.2. The van der Waals surface area contributed by atoms with Crippen molar-refractivity contribution < 1.29 is 23.9 Å². The van der Waals surface area contributed by atoms with Crippen molar-refractivity contribution in [3.05, 3.63) is 54.1 Å². The van der Waals surface area contributed by atoms with Crippen molar-refractivity contribution in [1.82, 2.24) is 4.90 Å². The van der Waals surface area contributed by atoms with Gasteiger partial charge in [-0.25, -0.2) is 4.79 Å². The molecule has 0 atom stereocenters. The number of carbonyl (C=O) groups excluding carboxylic acids is 3. The van der Waals surface area contributed by atoms with Crippen molar-refractivity contribution in [3.8, 4) is 5.75 Å². The molecule has 1 aliphatic rings. The number of hydrogen-bond donors (Lipinski definition) is 1. The van der Waals surface area contributed by atoms with Gasteiger partial charge in [-0.3, -0.25) is 9.59 Å². The molecular weight excluding hydrogens is 410 g/mol. The number of unbranched alkanes of at least 4 members (excludes halogenated alkanes) is 1. The molecule has 1 fully saturated rings. The first kappa shape index (κ1) is 23.1. The number of methoxy groups -OCH3 is 1. The first-order valence-electron chi connectivity index (χ1n) is 10.8. The lowest BCUT2D eigenvalue weighted by Gasteiger charge is -2.36. The number of carbonyl (C=O) groups is 3. The van der Waals surface area contributed by atoms with Crippen LogP contribution >= 0.6 is 0 Å². The van der Waals surface area contributed by atoms with Gasteiger partial charge in [0.25, 0.3) is 0 Å². The quantitative estimate of drug-likeness (QED) is 0.405. The van der Waals surface area contributed by atoms with Gasteiger partial charge in [0.1, 0.15) is 5.75 Å². The third-order valence-corrected chi connectivity index (χ3v) is 5.31. The fraction of sp³-hybridized carbons (Fsp3) is 0.375. The monoisotopic (exact) mass is 439 g/mol. The number of anilines is 2. The molecule has 0 radical (unpaired) electrons. The summed E-state index contributed by atoms with van der Waals surface area (Å²) in [6.45, 7) is 4.30. The molecule has 1 heterocycles. The van der Waals surface area contributed by atoms with Gasteiger partial charge < -0.3 is 24.6 Å². The zero-order chi connectivity index (χ0) is 22.9. The van der Waals surface area contributed by atoms with Gasteiger partial charge in [0.15, 0.2) is 0 Å². The summed E-state index contributed by atoms with van der Waals surface area (Å²) in [6.07, 6.45) is 1.67. The molecule has 2 amide bonds. The minimum Gasteiger partial charge on any atom is -0.495 e. The maximum absolute atomic E-state index is 12.7. The second-order valence-electron chi connectivity index (χ2n) is 7.44. The molecule has 2 aromatic carbocycles. The lowest BCUT2D eigenvalue weighted by molar-refractivity contribution is -0.143. The van der Waals surface area contributed by atoms with Gasteiger partial charge in [0, 0.05) is 26.2 Å². The van der Waals surface area contributed by atoms with E-state index in [1.807, 2.05) is 31.2 Å². The molecule has 8 heteroatoms. The average Bonchev–Trinajstić information content (AvgIpc) is 2.84. The highest BCUT2D eigenvalue weighted by Crippen LogP contribution is 2.28. The minimum absolute atomic E-state index is 0.228. The zero-order valence-electron chi connectivity index (χ0n) is 18.5. The van der Waals surface area contributed by atoms with Gasteiger partial charge in [-0.05, 0) is 30.7 Å². The van der Waals surface area contributed by atoms with E-state index < -0.39 is 17.8 Å². The Hall–Kier alpha value is -3.55. The molecule has 170 valence electrons. The number of esters is 1. The van der Waals surface area contributed by atoms with Crippen LogP contribution in [0.4, 0.5) is 11.4 Å². The average molecular weight is 440 g/mol. The standard InChI is InChI=1S/C24H29N3O5/c1-3-4-17-32-24(30)18-9-5-6-10-19(18)25-22(28)23(29)27-15-13-26(14-16-27)20-11-7-8-12-21(20)31-2/h5-12H,3-4,13-17H2,1-2H3,(H,25,28). The molecule has 1 aliphatic heterocycles. The normalized spacial score (nSPS) is 13.4. The van der Waals surface area contributed by atoms with Crippen LogP contribution in [0.1, 0.15) is 30.1 Å². The van der Waals surface area contributed by atoms with E-state index in [-0.39, 0.29) is 11.3 Å². The van der Waals surface area contributed by atoms with Gasteiger partial charge in [-0.2, -0.15) is 0 Å². The highest BCUT2D eigenvalue weighted by Gasteiger charge is 2.28. The summed E-state index contributed by atoms with van der Waals surface area (Å²) in [7, 11) is 1.63. The molecule has 0 spiro atoms. The lowest BCUT2D eigenvalue weighted by atomic mass is 10.1. The van der Waals surface area contributed by atoms with Crippen molar-refractivity contribution in [2.75, 3.05) is 50.1 Å². The molecule has 1 N–H and O–H groups in total. The van der Waals surface area contributed by atoms with Crippen molar-refractivity contribution in [2.45, 2.75) is 19.8 Å². The van der Waals surface area contributed by atoms with Gasteiger partial charge in [-0.15, -0.1) is 0 Å². The number of rotatable bonds is 7. The number of nitrogens with one attached hydrogen (secondary N) is 1. The summed E-state index contributed by atoms with van der Waals surface area (Å²) >= 11 is 0. The fourth-order valence-corrected chi connectivity index (χ4v) is 3.52. The van der Waals surface area contributed by atoms with Crippen LogP contribution in [0.5, 0.6) is 5.75 Å². The summed E-state index contributed by atoms with van der Waals surface area (Å²) in [6, 6.07) is 14.2. The SMILES string of the molecule is CCCCOC(=O)c1ccccc1NC(=O)C(=O)N1CCN(c2ccccc2OC)CC1. The van der Waals surface area contributed by atoms with Crippen LogP contribution in [0, 0.1) is 0 Å². The largest absolute Gasteiger partial charge is 0.495 e. The topological polar surface area (TPSA) is 88.2 Å². The van der Waals surface area contributed by atoms with Crippen LogP contribution in [-0.4, -0.2) is 62.6 Å². The number of para-hydroxylation sites is 3. The Morgan fingerprint density at radius 2 is 1.66 bits per heavy atom. The van der Waals surface area contributed by atoms with Crippen LogP contribution in [0.3, 0.4) is 0 Å². The molecule has 1 saturated heterocycles. The number of nitrogens with zero attached hydrogens (tertiary/aromatic N) is 2. The van der Waals surface area contributed by atoms with E-state index in [2.05, 4.69) is 10.2 Å². The summed E-state index contributed by atoms with van der Waals surface area (Å²) in [4.78, 5) is 41.3. The van der Waals surface area contributed by atoms with E-state index in [9.17, 15) is 14.4 Å². The van der Waals surface area contributed by atoms with E-state index in [1.54, 1.807) is 31.4 Å². The number of amides is 2. The smallest absolute Gasteiger partial charge is 0.340 e. The maximum Gasteiger partial charge on any atom is 0.340 e. The van der Waals surface area contributed by atoms with Gasteiger partial charge in [0.05, 0.1) is 30.7 Å². The Bertz CT molecular complexity index is 954. The lowest BCUT2D eigenvalue weighted by Crippen LogP contribution is -2.51. The summed E-state index contributed by atoms with van der Waals surface area (Å²) in [5, 5.41) is 2.58. The molecule has 32 heavy (non-hydrogen) atoms. The first-order valence-corrected chi connectivity index (χ1v) is 10.8. The molecule has 0 aromatic heterocycles. The Morgan fingerprint density at radius 3 is 2.38 bits per heavy atom. The van der Waals surface area contributed by atoms with E-state index in [1.165, 1.54) is 4.90 Å².